The average molecular weight is 369 g/mol. The third kappa shape index (κ3) is 3.45. The largest absolute Gasteiger partial charge is 0.331 e. The minimum Gasteiger partial charge on any atom is -0.331 e. The number of thiophene rings is 1. The Morgan fingerprint density at radius 2 is 1.92 bits per heavy atom. The number of nitrogens with zero attached hydrogens (tertiary/aromatic N) is 2. The van der Waals surface area contributed by atoms with Gasteiger partial charge in [0.15, 0.2) is 0 Å². The molecule has 3 nitrogen and oxygen atoms in total. The van der Waals surface area contributed by atoms with Crippen molar-refractivity contribution >= 4 is 17.2 Å². The third-order valence-corrected chi connectivity index (χ3v) is 6.73. The van der Waals surface area contributed by atoms with Gasteiger partial charge in [-0.05, 0) is 80.3 Å². The maximum absolute atomic E-state index is 13.3. The lowest BCUT2D eigenvalue weighted by atomic mass is 9.93. The van der Waals surface area contributed by atoms with E-state index in [9.17, 15) is 4.79 Å². The van der Waals surface area contributed by atoms with Gasteiger partial charge in [-0.25, -0.2) is 0 Å². The normalized spacial score (nSPS) is 19.8. The van der Waals surface area contributed by atoms with Crippen molar-refractivity contribution in [2.75, 3.05) is 20.6 Å². The molecule has 1 aliphatic carbocycles. The Morgan fingerprint density at radius 3 is 2.69 bits per heavy atom. The summed E-state index contributed by atoms with van der Waals surface area (Å²) in [7, 11) is 4.18. The molecule has 1 amide bonds. The van der Waals surface area contributed by atoms with Crippen LogP contribution in [0.1, 0.15) is 63.7 Å². The Hall–Kier alpha value is -1.65. The second-order valence-electron chi connectivity index (χ2n) is 7.91. The lowest BCUT2D eigenvalue weighted by Crippen LogP contribution is -2.30. The highest BCUT2D eigenvalue weighted by Crippen LogP contribution is 2.37. The molecule has 0 unspecified atom stereocenters. The van der Waals surface area contributed by atoms with E-state index < -0.39 is 0 Å². The number of rotatable bonds is 4. The second-order valence-corrected chi connectivity index (χ2v) is 8.79. The summed E-state index contributed by atoms with van der Waals surface area (Å²) in [5, 5.41) is 2.23. The lowest BCUT2D eigenvalue weighted by molar-refractivity contribution is 0.0739. The smallest absolute Gasteiger partial charge is 0.264 e. The van der Waals surface area contributed by atoms with Crippen LogP contribution >= 0.6 is 11.3 Å². The predicted octanol–water partition coefficient (Wildman–Crippen LogP) is 4.67. The van der Waals surface area contributed by atoms with Crippen molar-refractivity contribution in [3.05, 3.63) is 56.8 Å². The summed E-state index contributed by atoms with van der Waals surface area (Å²) >= 11 is 1.67. The minimum absolute atomic E-state index is 0.234. The quantitative estimate of drug-likeness (QED) is 0.783. The number of fused-ring (bicyclic) bond motifs is 1. The first-order valence-corrected chi connectivity index (χ1v) is 10.6. The first-order valence-electron chi connectivity index (χ1n) is 9.77. The van der Waals surface area contributed by atoms with E-state index in [1.807, 2.05) is 0 Å². The van der Waals surface area contributed by atoms with E-state index in [4.69, 9.17) is 0 Å². The van der Waals surface area contributed by atoms with Gasteiger partial charge in [0, 0.05) is 13.1 Å². The van der Waals surface area contributed by atoms with Gasteiger partial charge in [0.25, 0.3) is 5.91 Å². The molecule has 1 saturated heterocycles. The summed E-state index contributed by atoms with van der Waals surface area (Å²) in [5.41, 5.74) is 5.37. The monoisotopic (exact) mass is 368 g/mol. The molecule has 2 aliphatic rings. The lowest BCUT2D eigenvalue weighted by Gasteiger charge is -2.26. The number of carbonyl (C=O) groups excluding carboxylic acids is 1. The topological polar surface area (TPSA) is 23.6 Å². The summed E-state index contributed by atoms with van der Waals surface area (Å²) in [6.07, 6.45) is 6.90. The van der Waals surface area contributed by atoms with Crippen LogP contribution < -0.4 is 0 Å². The van der Waals surface area contributed by atoms with Gasteiger partial charge < -0.3 is 9.80 Å². The molecular formula is C22H28N2OS. The van der Waals surface area contributed by atoms with Crippen molar-refractivity contribution in [2.45, 2.75) is 51.1 Å². The van der Waals surface area contributed by atoms with Crippen LogP contribution in [0.25, 0.3) is 0 Å². The number of amides is 1. The van der Waals surface area contributed by atoms with Crippen LogP contribution in [0.15, 0.2) is 29.6 Å². The number of hydrogen-bond acceptors (Lipinski definition) is 3. The van der Waals surface area contributed by atoms with Gasteiger partial charge in [-0.2, -0.15) is 0 Å². The van der Waals surface area contributed by atoms with Gasteiger partial charge in [-0.1, -0.05) is 24.3 Å². The Kier molecular flexibility index (Phi) is 5.14. The van der Waals surface area contributed by atoms with Crippen LogP contribution in [0.4, 0.5) is 0 Å². The van der Waals surface area contributed by atoms with E-state index in [0.29, 0.717) is 0 Å². The van der Waals surface area contributed by atoms with Gasteiger partial charge in [-0.15, -0.1) is 11.3 Å². The van der Waals surface area contributed by atoms with Crippen molar-refractivity contribution in [3.63, 3.8) is 0 Å². The summed E-state index contributed by atoms with van der Waals surface area (Å²) in [6, 6.07) is 9.10. The van der Waals surface area contributed by atoms with Crippen LogP contribution in [0.5, 0.6) is 0 Å². The third-order valence-electron chi connectivity index (χ3n) is 5.67. The SMILES string of the molecule is CN(C)Cc1ccc([C@@H]2CCCN2C(=O)c2scc3c2CCCC3)cc1. The molecule has 4 rings (SSSR count). The molecule has 1 atom stereocenters. The Bertz CT molecular complexity index is 778. The van der Waals surface area contributed by atoms with Crippen LogP contribution in [-0.4, -0.2) is 36.3 Å². The molecule has 0 radical (unpaired) electrons. The fraction of sp³-hybridized carbons (Fsp3) is 0.500. The zero-order valence-corrected chi connectivity index (χ0v) is 16.6. The van der Waals surface area contributed by atoms with Crippen molar-refractivity contribution in [2.24, 2.45) is 0 Å². The fourth-order valence-electron chi connectivity index (χ4n) is 4.40. The predicted molar refractivity (Wildman–Crippen MR) is 108 cm³/mol. The van der Waals surface area contributed by atoms with Gasteiger partial charge in [0.2, 0.25) is 0 Å². The Labute approximate surface area is 160 Å². The molecule has 138 valence electrons. The highest BCUT2D eigenvalue weighted by Gasteiger charge is 2.33. The molecule has 0 N–H and O–H groups in total. The van der Waals surface area contributed by atoms with Crippen molar-refractivity contribution < 1.29 is 4.79 Å². The molecule has 26 heavy (non-hydrogen) atoms. The van der Waals surface area contributed by atoms with E-state index in [-0.39, 0.29) is 11.9 Å². The highest BCUT2D eigenvalue weighted by atomic mass is 32.1. The van der Waals surface area contributed by atoms with Crippen molar-refractivity contribution in [1.29, 1.82) is 0 Å². The van der Waals surface area contributed by atoms with Gasteiger partial charge in [-0.3, -0.25) is 4.79 Å². The molecule has 1 fully saturated rings. The summed E-state index contributed by atoms with van der Waals surface area (Å²) in [4.78, 5) is 18.6. The highest BCUT2D eigenvalue weighted by molar-refractivity contribution is 7.12. The fourth-order valence-corrected chi connectivity index (χ4v) is 5.51. The first-order chi connectivity index (χ1) is 12.6. The van der Waals surface area contributed by atoms with Gasteiger partial charge in [0.05, 0.1) is 10.9 Å². The molecule has 2 aromatic rings. The molecular weight excluding hydrogens is 340 g/mol. The van der Waals surface area contributed by atoms with Crippen LogP contribution in [0.3, 0.4) is 0 Å². The van der Waals surface area contributed by atoms with E-state index in [1.165, 1.54) is 35.1 Å². The van der Waals surface area contributed by atoms with Crippen molar-refractivity contribution in [3.8, 4) is 0 Å². The zero-order chi connectivity index (χ0) is 18.1. The summed E-state index contributed by atoms with van der Waals surface area (Å²) in [5.74, 6) is 0.262. The minimum atomic E-state index is 0.234. The number of likely N-dealkylation sites (tertiary alicyclic amines) is 1. The van der Waals surface area contributed by atoms with E-state index >= 15 is 0 Å². The number of hydrogen-bond donors (Lipinski definition) is 0. The Morgan fingerprint density at radius 1 is 1.15 bits per heavy atom. The Balaban J connectivity index is 1.55. The standard InChI is InChI=1S/C22H28N2OS/c1-23(2)14-16-9-11-17(12-10-16)20-8-5-13-24(20)22(25)21-19-7-4-3-6-18(19)15-26-21/h9-12,15,20H,3-8,13-14H2,1-2H3/t20-/m0/s1. The summed E-state index contributed by atoms with van der Waals surface area (Å²) in [6.45, 7) is 1.84. The molecule has 1 aliphatic heterocycles. The summed E-state index contributed by atoms with van der Waals surface area (Å²) < 4.78 is 0. The first kappa shape index (κ1) is 17.7. The zero-order valence-electron chi connectivity index (χ0n) is 15.8. The molecule has 0 saturated carbocycles. The van der Waals surface area contributed by atoms with Gasteiger partial charge in [0.1, 0.15) is 0 Å². The van der Waals surface area contributed by atoms with E-state index in [0.717, 1.165) is 43.6 Å². The van der Waals surface area contributed by atoms with Crippen molar-refractivity contribution in [1.82, 2.24) is 9.80 Å². The molecule has 2 heterocycles. The average Bonchev–Trinajstić information content (AvgIpc) is 3.28. The van der Waals surface area contributed by atoms with Crippen LogP contribution in [0.2, 0.25) is 0 Å². The molecule has 4 heteroatoms. The number of benzene rings is 1. The molecule has 1 aromatic carbocycles. The van der Waals surface area contributed by atoms with E-state index in [1.54, 1.807) is 11.3 Å². The number of carbonyl (C=O) groups is 1. The maximum atomic E-state index is 13.3. The maximum Gasteiger partial charge on any atom is 0.264 e. The van der Waals surface area contributed by atoms with Crippen LogP contribution in [0, 0.1) is 0 Å². The second kappa shape index (κ2) is 7.53. The molecule has 0 spiro atoms. The number of aryl methyl sites for hydroxylation is 1. The van der Waals surface area contributed by atoms with Gasteiger partial charge >= 0.3 is 0 Å². The molecule has 0 bridgehead atoms. The van der Waals surface area contributed by atoms with E-state index in [2.05, 4.69) is 53.5 Å². The van der Waals surface area contributed by atoms with Crippen LogP contribution in [-0.2, 0) is 19.4 Å². The molecule has 1 aromatic heterocycles.